The first-order chi connectivity index (χ1) is 15.8. The quantitative estimate of drug-likeness (QED) is 0.730. The van der Waals surface area contributed by atoms with Crippen LogP contribution in [-0.4, -0.2) is 66.9 Å². The summed E-state index contributed by atoms with van der Waals surface area (Å²) in [5.74, 6) is 1.92. The van der Waals surface area contributed by atoms with Gasteiger partial charge in [-0.25, -0.2) is 4.98 Å². The summed E-state index contributed by atoms with van der Waals surface area (Å²) in [4.78, 5) is 35.7. The van der Waals surface area contributed by atoms with Gasteiger partial charge in [0.1, 0.15) is 5.82 Å². The summed E-state index contributed by atoms with van der Waals surface area (Å²) in [6, 6.07) is 7.47. The average molecular weight is 468 g/mol. The molecule has 4 aliphatic rings. The van der Waals surface area contributed by atoms with Crippen LogP contribution in [-0.2, 0) is 11.3 Å². The maximum Gasteiger partial charge on any atom is 0.254 e. The Labute approximate surface area is 199 Å². The third kappa shape index (κ3) is 3.77. The number of nitrogens with zero attached hydrogens (tertiary/aromatic N) is 4. The van der Waals surface area contributed by atoms with Gasteiger partial charge in [0.25, 0.3) is 5.91 Å². The lowest BCUT2D eigenvalue weighted by Crippen LogP contribution is -2.63. The largest absolute Gasteiger partial charge is 0.353 e. The zero-order chi connectivity index (χ0) is 23.3. The minimum atomic E-state index is -0.130. The van der Waals surface area contributed by atoms with Crippen molar-refractivity contribution in [3.8, 4) is 11.1 Å². The molecular weight excluding hydrogens is 438 g/mol. The fourth-order valence-corrected chi connectivity index (χ4v) is 5.66. The summed E-state index contributed by atoms with van der Waals surface area (Å²) in [7, 11) is 3.40. The molecule has 0 radical (unpaired) electrons. The smallest absolute Gasteiger partial charge is 0.254 e. The molecular formula is C25H30ClN5O2. The number of carbonyl (C=O) groups is 2. The number of nitrogens with two attached hydrogens (primary N) is 1. The first-order valence-corrected chi connectivity index (χ1v) is 11.9. The molecule has 6 rings (SSSR count). The molecule has 0 atom stereocenters. The first-order valence-electron chi connectivity index (χ1n) is 11.6. The zero-order valence-electron chi connectivity index (χ0n) is 19.2. The number of aromatic nitrogens is 1. The molecule has 2 bridgehead atoms. The van der Waals surface area contributed by atoms with Gasteiger partial charge >= 0.3 is 0 Å². The van der Waals surface area contributed by atoms with Gasteiger partial charge in [-0.1, -0.05) is 17.7 Å². The second-order valence-corrected chi connectivity index (χ2v) is 10.3. The standard InChI is InChI=1S/C25H30ClN5O2/c1-29(2)23(32)20-4-3-17(10-21(20)26)19-9-18(14-27)22(28-15-19)30-5-7-31(8-6-30)24(33)25-11-16(12-25)13-25/h3-4,9-10,15-16H,5-8,11-14,27H2,1-2H3. The van der Waals surface area contributed by atoms with Gasteiger partial charge in [-0.2, -0.15) is 0 Å². The molecule has 1 aromatic carbocycles. The topological polar surface area (TPSA) is 82.8 Å². The zero-order valence-corrected chi connectivity index (χ0v) is 19.9. The van der Waals surface area contributed by atoms with Gasteiger partial charge in [-0.15, -0.1) is 0 Å². The highest BCUT2D eigenvalue weighted by molar-refractivity contribution is 6.34. The minimum absolute atomic E-state index is 0.0108. The number of halogens is 1. The summed E-state index contributed by atoms with van der Waals surface area (Å²) >= 11 is 6.40. The normalized spacial score (nSPS) is 23.6. The highest BCUT2D eigenvalue weighted by atomic mass is 35.5. The van der Waals surface area contributed by atoms with E-state index < -0.39 is 0 Å². The Morgan fingerprint density at radius 3 is 2.36 bits per heavy atom. The van der Waals surface area contributed by atoms with E-state index in [4.69, 9.17) is 22.3 Å². The molecule has 3 aliphatic carbocycles. The van der Waals surface area contributed by atoms with Crippen molar-refractivity contribution in [2.24, 2.45) is 17.1 Å². The molecule has 1 aliphatic heterocycles. The lowest BCUT2D eigenvalue weighted by molar-refractivity contribution is -0.177. The molecule has 2 N–H and O–H groups in total. The van der Waals surface area contributed by atoms with Crippen LogP contribution in [0.25, 0.3) is 11.1 Å². The van der Waals surface area contributed by atoms with Crippen molar-refractivity contribution in [2.75, 3.05) is 45.2 Å². The fourth-order valence-electron chi connectivity index (χ4n) is 5.40. The van der Waals surface area contributed by atoms with E-state index in [1.165, 1.54) is 4.90 Å². The van der Waals surface area contributed by atoms with Crippen LogP contribution in [0.4, 0.5) is 5.82 Å². The van der Waals surface area contributed by atoms with Crippen LogP contribution < -0.4 is 10.6 Å². The number of rotatable bonds is 5. The van der Waals surface area contributed by atoms with Crippen molar-refractivity contribution in [2.45, 2.75) is 25.8 Å². The molecule has 1 saturated heterocycles. The molecule has 174 valence electrons. The van der Waals surface area contributed by atoms with Crippen LogP contribution in [0.5, 0.6) is 0 Å². The van der Waals surface area contributed by atoms with Gasteiger partial charge in [-0.3, -0.25) is 9.59 Å². The van der Waals surface area contributed by atoms with E-state index in [0.29, 0.717) is 23.0 Å². The number of amides is 2. The van der Waals surface area contributed by atoms with Gasteiger partial charge in [0.15, 0.2) is 0 Å². The summed E-state index contributed by atoms with van der Waals surface area (Å²) < 4.78 is 0. The highest BCUT2D eigenvalue weighted by Gasteiger charge is 2.62. The predicted molar refractivity (Wildman–Crippen MR) is 129 cm³/mol. The van der Waals surface area contributed by atoms with Crippen molar-refractivity contribution in [1.82, 2.24) is 14.8 Å². The van der Waals surface area contributed by atoms with Crippen molar-refractivity contribution in [1.29, 1.82) is 0 Å². The number of hydrogen-bond donors (Lipinski definition) is 1. The van der Waals surface area contributed by atoms with Gasteiger partial charge in [0, 0.05) is 64.1 Å². The summed E-state index contributed by atoms with van der Waals surface area (Å²) in [6.45, 7) is 3.35. The molecule has 0 spiro atoms. The van der Waals surface area contributed by atoms with Gasteiger partial charge in [0.2, 0.25) is 5.91 Å². The lowest BCUT2D eigenvalue weighted by atomic mass is 9.44. The number of benzene rings is 1. The summed E-state index contributed by atoms with van der Waals surface area (Å²) in [6.07, 6.45) is 5.12. The van der Waals surface area contributed by atoms with Crippen molar-refractivity contribution >= 4 is 29.2 Å². The van der Waals surface area contributed by atoms with E-state index in [9.17, 15) is 9.59 Å². The number of piperazine rings is 1. The van der Waals surface area contributed by atoms with E-state index in [1.54, 1.807) is 26.2 Å². The summed E-state index contributed by atoms with van der Waals surface area (Å²) in [5.41, 5.74) is 9.30. The Hall–Kier alpha value is -2.64. The second kappa shape index (κ2) is 8.29. The van der Waals surface area contributed by atoms with Crippen LogP contribution in [0.2, 0.25) is 5.02 Å². The van der Waals surface area contributed by atoms with Gasteiger partial charge in [-0.05, 0) is 48.9 Å². The van der Waals surface area contributed by atoms with Crippen molar-refractivity contribution in [3.63, 3.8) is 0 Å². The van der Waals surface area contributed by atoms with E-state index in [2.05, 4.69) is 4.90 Å². The summed E-state index contributed by atoms with van der Waals surface area (Å²) in [5, 5.41) is 0.411. The Morgan fingerprint density at radius 1 is 1.12 bits per heavy atom. The van der Waals surface area contributed by atoms with E-state index >= 15 is 0 Å². The molecule has 4 fully saturated rings. The maximum absolute atomic E-state index is 12.9. The number of hydrogen-bond acceptors (Lipinski definition) is 5. The molecule has 2 heterocycles. The Balaban J connectivity index is 1.30. The van der Waals surface area contributed by atoms with E-state index in [1.807, 2.05) is 23.2 Å². The molecule has 1 aromatic heterocycles. The van der Waals surface area contributed by atoms with Crippen LogP contribution in [0.1, 0.15) is 35.2 Å². The van der Waals surface area contributed by atoms with Crippen LogP contribution in [0.3, 0.4) is 0 Å². The minimum Gasteiger partial charge on any atom is -0.353 e. The number of pyridine rings is 1. The molecule has 3 saturated carbocycles. The number of carbonyl (C=O) groups excluding carboxylic acids is 2. The average Bonchev–Trinajstić information content (AvgIpc) is 2.76. The first kappa shape index (κ1) is 22.2. The van der Waals surface area contributed by atoms with E-state index in [0.717, 1.165) is 73.9 Å². The molecule has 8 heteroatoms. The van der Waals surface area contributed by atoms with Gasteiger partial charge < -0.3 is 20.4 Å². The molecule has 0 unspecified atom stereocenters. The molecule has 2 aromatic rings. The van der Waals surface area contributed by atoms with Gasteiger partial charge in [0.05, 0.1) is 16.0 Å². The SMILES string of the molecule is CN(C)C(=O)c1ccc(-c2cnc(N3CCN(C(=O)C45CC(C4)C5)CC3)c(CN)c2)cc1Cl. The molecule has 7 nitrogen and oxygen atoms in total. The van der Waals surface area contributed by atoms with Crippen LogP contribution >= 0.6 is 11.6 Å². The van der Waals surface area contributed by atoms with Crippen molar-refractivity contribution in [3.05, 3.63) is 46.6 Å². The Bertz CT molecular complexity index is 1090. The molecule has 33 heavy (non-hydrogen) atoms. The fraction of sp³-hybridized carbons (Fsp3) is 0.480. The molecule has 2 amide bonds. The Kier molecular flexibility index (Phi) is 5.57. The number of anilines is 1. The van der Waals surface area contributed by atoms with E-state index in [-0.39, 0.29) is 11.3 Å². The highest BCUT2D eigenvalue weighted by Crippen LogP contribution is 2.65. The monoisotopic (exact) mass is 467 g/mol. The third-order valence-electron chi connectivity index (χ3n) is 7.46. The second-order valence-electron chi connectivity index (χ2n) is 9.84. The predicted octanol–water partition coefficient (Wildman–Crippen LogP) is 3.01. The third-order valence-corrected chi connectivity index (χ3v) is 7.77. The van der Waals surface area contributed by atoms with Crippen LogP contribution in [0.15, 0.2) is 30.5 Å². The van der Waals surface area contributed by atoms with Crippen molar-refractivity contribution < 1.29 is 9.59 Å². The lowest BCUT2D eigenvalue weighted by Gasteiger charge is -2.61. The Morgan fingerprint density at radius 2 is 1.82 bits per heavy atom. The maximum atomic E-state index is 12.9. The van der Waals surface area contributed by atoms with Crippen LogP contribution in [0, 0.1) is 11.3 Å².